The van der Waals surface area contributed by atoms with E-state index in [0.29, 0.717) is 0 Å². The number of amides is 1. The fourth-order valence-electron chi connectivity index (χ4n) is 0.954. The first-order valence-corrected chi connectivity index (χ1v) is 5.72. The Kier molecular flexibility index (Phi) is 2.85. The van der Waals surface area contributed by atoms with Crippen molar-refractivity contribution in [1.29, 1.82) is 0 Å². The van der Waals surface area contributed by atoms with Crippen molar-refractivity contribution in [2.45, 2.75) is 0 Å². The lowest BCUT2D eigenvalue weighted by Crippen LogP contribution is -2.29. The third-order valence-electron chi connectivity index (χ3n) is 1.44. The topological polar surface area (TPSA) is 104 Å². The number of hydrogen-bond donors (Lipinski definition) is 3. The van der Waals surface area contributed by atoms with Gasteiger partial charge in [-0.1, -0.05) is 0 Å². The minimum atomic E-state index is -3.66. The SMILES string of the molecule is CS(=O)(=O)NC(=O)c1cc(O)cc(O)c1. The van der Waals surface area contributed by atoms with Crippen LogP contribution < -0.4 is 4.72 Å². The van der Waals surface area contributed by atoms with Gasteiger partial charge in [-0.05, 0) is 12.1 Å². The van der Waals surface area contributed by atoms with Gasteiger partial charge in [0.15, 0.2) is 0 Å². The lowest BCUT2D eigenvalue weighted by atomic mass is 10.2. The van der Waals surface area contributed by atoms with Crippen LogP contribution in [0.15, 0.2) is 18.2 Å². The summed E-state index contributed by atoms with van der Waals surface area (Å²) in [6.07, 6.45) is 0.827. The number of carbonyl (C=O) groups is 1. The van der Waals surface area contributed by atoms with Crippen LogP contribution >= 0.6 is 0 Å². The Bertz CT molecular complexity index is 474. The molecule has 0 fully saturated rings. The van der Waals surface area contributed by atoms with Crippen molar-refractivity contribution < 1.29 is 23.4 Å². The third-order valence-corrected chi connectivity index (χ3v) is 2.00. The fourth-order valence-corrected chi connectivity index (χ4v) is 1.41. The van der Waals surface area contributed by atoms with Crippen LogP contribution in [0.4, 0.5) is 0 Å². The molecule has 0 atom stereocenters. The van der Waals surface area contributed by atoms with Gasteiger partial charge in [0, 0.05) is 11.6 Å². The molecular formula is C8H9NO5S. The number of phenolic OH excluding ortho intramolecular Hbond substituents is 2. The van der Waals surface area contributed by atoms with E-state index in [0.717, 1.165) is 24.5 Å². The van der Waals surface area contributed by atoms with E-state index in [1.807, 2.05) is 0 Å². The van der Waals surface area contributed by atoms with E-state index in [1.54, 1.807) is 4.72 Å². The normalized spacial score (nSPS) is 11.0. The van der Waals surface area contributed by atoms with Crippen molar-refractivity contribution >= 4 is 15.9 Å². The molecule has 6 nitrogen and oxygen atoms in total. The number of nitrogens with one attached hydrogen (secondary N) is 1. The zero-order valence-electron chi connectivity index (χ0n) is 7.76. The van der Waals surface area contributed by atoms with E-state index in [2.05, 4.69) is 0 Å². The molecule has 0 aliphatic heterocycles. The minimum Gasteiger partial charge on any atom is -0.508 e. The molecule has 0 unspecified atom stereocenters. The number of rotatable bonds is 2. The summed E-state index contributed by atoms with van der Waals surface area (Å²) in [6, 6.07) is 3.11. The summed E-state index contributed by atoms with van der Waals surface area (Å²) in [4.78, 5) is 11.3. The third kappa shape index (κ3) is 3.47. The van der Waals surface area contributed by atoms with Crippen LogP contribution in [0.2, 0.25) is 0 Å². The Labute approximate surface area is 86.2 Å². The molecule has 0 aliphatic carbocycles. The average Bonchev–Trinajstić information content (AvgIpc) is 1.98. The monoisotopic (exact) mass is 231 g/mol. The molecule has 0 aliphatic rings. The number of benzene rings is 1. The first-order valence-electron chi connectivity index (χ1n) is 3.83. The molecule has 7 heteroatoms. The van der Waals surface area contributed by atoms with Crippen LogP contribution in [0.1, 0.15) is 10.4 Å². The smallest absolute Gasteiger partial charge is 0.264 e. The van der Waals surface area contributed by atoms with E-state index < -0.39 is 15.9 Å². The molecule has 1 rings (SSSR count). The van der Waals surface area contributed by atoms with E-state index in [1.165, 1.54) is 0 Å². The molecule has 82 valence electrons. The van der Waals surface area contributed by atoms with Crippen LogP contribution in [0.25, 0.3) is 0 Å². The van der Waals surface area contributed by atoms with Crippen LogP contribution in [-0.2, 0) is 10.0 Å². The highest BCUT2D eigenvalue weighted by Crippen LogP contribution is 2.20. The van der Waals surface area contributed by atoms with Gasteiger partial charge in [-0.2, -0.15) is 0 Å². The van der Waals surface area contributed by atoms with Crippen molar-refractivity contribution in [3.63, 3.8) is 0 Å². The van der Waals surface area contributed by atoms with Crippen LogP contribution in [0.3, 0.4) is 0 Å². The van der Waals surface area contributed by atoms with Crippen molar-refractivity contribution in [3.05, 3.63) is 23.8 Å². The van der Waals surface area contributed by atoms with Crippen molar-refractivity contribution in [1.82, 2.24) is 4.72 Å². The summed E-state index contributed by atoms with van der Waals surface area (Å²) in [7, 11) is -3.66. The summed E-state index contributed by atoms with van der Waals surface area (Å²) in [5, 5.41) is 18.1. The van der Waals surface area contributed by atoms with Gasteiger partial charge in [-0.3, -0.25) is 4.79 Å². The molecule has 15 heavy (non-hydrogen) atoms. The first kappa shape index (κ1) is 11.3. The second-order valence-corrected chi connectivity index (χ2v) is 4.69. The number of phenols is 2. The van der Waals surface area contributed by atoms with Gasteiger partial charge in [-0.15, -0.1) is 0 Å². The maximum Gasteiger partial charge on any atom is 0.264 e. The van der Waals surface area contributed by atoms with E-state index >= 15 is 0 Å². The summed E-state index contributed by atoms with van der Waals surface area (Å²) >= 11 is 0. The standard InChI is InChI=1S/C8H9NO5S/c1-15(13,14)9-8(12)5-2-6(10)4-7(11)3-5/h2-4,10-11H,1H3,(H,9,12). The molecule has 1 amide bonds. The molecule has 3 N–H and O–H groups in total. The second-order valence-electron chi connectivity index (χ2n) is 2.94. The summed E-state index contributed by atoms with van der Waals surface area (Å²) < 4.78 is 23.2. The minimum absolute atomic E-state index is 0.141. The molecule has 1 aromatic carbocycles. The highest BCUT2D eigenvalue weighted by molar-refractivity contribution is 7.89. The molecule has 0 aromatic heterocycles. The predicted octanol–water partition coefficient (Wildman–Crippen LogP) is -0.213. The van der Waals surface area contributed by atoms with Gasteiger partial charge >= 0.3 is 0 Å². The second kappa shape index (κ2) is 3.77. The lowest BCUT2D eigenvalue weighted by Gasteiger charge is -2.03. The van der Waals surface area contributed by atoms with Crippen molar-refractivity contribution in [2.24, 2.45) is 0 Å². The van der Waals surface area contributed by atoms with Gasteiger partial charge in [0.05, 0.1) is 6.26 Å². The molecule has 0 saturated carbocycles. The number of hydrogen-bond acceptors (Lipinski definition) is 5. The maximum absolute atomic E-state index is 11.3. The molecular weight excluding hydrogens is 222 g/mol. The van der Waals surface area contributed by atoms with E-state index in [9.17, 15) is 13.2 Å². The molecule has 0 radical (unpaired) electrons. The zero-order chi connectivity index (χ0) is 11.6. The van der Waals surface area contributed by atoms with Crippen LogP contribution in [0, 0.1) is 0 Å². The quantitative estimate of drug-likeness (QED) is 0.653. The van der Waals surface area contributed by atoms with Gasteiger partial charge in [-0.25, -0.2) is 13.1 Å². The summed E-state index contributed by atoms with van der Waals surface area (Å²) in [5.74, 6) is -1.56. The van der Waals surface area contributed by atoms with E-state index in [-0.39, 0.29) is 17.1 Å². The molecule has 0 spiro atoms. The van der Waals surface area contributed by atoms with Crippen molar-refractivity contribution in [2.75, 3.05) is 6.26 Å². The van der Waals surface area contributed by atoms with Gasteiger partial charge in [0.25, 0.3) is 5.91 Å². The number of sulfonamides is 1. The highest BCUT2D eigenvalue weighted by Gasteiger charge is 2.12. The van der Waals surface area contributed by atoms with Gasteiger partial charge in [0.1, 0.15) is 11.5 Å². The van der Waals surface area contributed by atoms with Gasteiger partial charge in [0.2, 0.25) is 10.0 Å². The van der Waals surface area contributed by atoms with E-state index in [4.69, 9.17) is 10.2 Å². The number of carbonyl (C=O) groups excluding carboxylic acids is 1. The Hall–Kier alpha value is -1.76. The molecule has 0 heterocycles. The largest absolute Gasteiger partial charge is 0.508 e. The molecule has 0 saturated heterocycles. The molecule has 0 bridgehead atoms. The predicted molar refractivity (Wildman–Crippen MR) is 52.1 cm³/mol. The summed E-state index contributed by atoms with van der Waals surface area (Å²) in [6.45, 7) is 0. The van der Waals surface area contributed by atoms with Crippen molar-refractivity contribution in [3.8, 4) is 11.5 Å². The Balaban J connectivity index is 3.02. The molecule has 1 aromatic rings. The van der Waals surface area contributed by atoms with Crippen LogP contribution in [-0.4, -0.2) is 30.8 Å². The Morgan fingerprint density at radius 3 is 2.07 bits per heavy atom. The zero-order valence-corrected chi connectivity index (χ0v) is 8.58. The van der Waals surface area contributed by atoms with Crippen LogP contribution in [0.5, 0.6) is 11.5 Å². The highest BCUT2D eigenvalue weighted by atomic mass is 32.2. The lowest BCUT2D eigenvalue weighted by molar-refractivity contribution is 0.0981. The Morgan fingerprint density at radius 2 is 1.67 bits per heavy atom. The first-order chi connectivity index (χ1) is 6.78. The van der Waals surface area contributed by atoms with Gasteiger partial charge < -0.3 is 10.2 Å². The maximum atomic E-state index is 11.3. The summed E-state index contributed by atoms with van der Waals surface area (Å²) in [5.41, 5.74) is -0.141. The Morgan fingerprint density at radius 1 is 1.20 bits per heavy atom. The number of aromatic hydroxyl groups is 2. The fraction of sp³-hybridized carbons (Fsp3) is 0.125. The average molecular weight is 231 g/mol.